The van der Waals surface area contributed by atoms with Crippen LogP contribution in [-0.4, -0.2) is 25.0 Å². The standard InChI is InChI=1S/C22H27NO4/c1-16(2)13-20(22(25)27-15-18-7-5-4-6-8-18)23-21(24)14-17-9-11-19(26-3)12-10-17/h4-12,16,20H,13-15H2,1-3H3,(H,23,24)/t20-/m0/s1. The fraction of sp³-hybridized carbons (Fsp3) is 0.364. The van der Waals surface area contributed by atoms with E-state index >= 15 is 0 Å². The molecule has 0 radical (unpaired) electrons. The molecule has 0 spiro atoms. The normalized spacial score (nSPS) is 11.7. The van der Waals surface area contributed by atoms with Crippen LogP contribution in [0.3, 0.4) is 0 Å². The second-order valence-electron chi connectivity index (χ2n) is 6.87. The third kappa shape index (κ3) is 7.13. The zero-order valence-electron chi connectivity index (χ0n) is 16.1. The molecule has 1 atom stereocenters. The predicted molar refractivity (Wildman–Crippen MR) is 104 cm³/mol. The highest BCUT2D eigenvalue weighted by Crippen LogP contribution is 2.13. The molecule has 0 saturated heterocycles. The van der Waals surface area contributed by atoms with Crippen LogP contribution in [0.15, 0.2) is 54.6 Å². The summed E-state index contributed by atoms with van der Waals surface area (Å²) in [6, 6.07) is 16.1. The number of carbonyl (C=O) groups excluding carboxylic acids is 2. The van der Waals surface area contributed by atoms with Gasteiger partial charge in [-0.2, -0.15) is 0 Å². The minimum absolute atomic E-state index is 0.197. The maximum atomic E-state index is 12.5. The Morgan fingerprint density at radius 1 is 0.963 bits per heavy atom. The molecule has 2 aromatic rings. The number of benzene rings is 2. The summed E-state index contributed by atoms with van der Waals surface area (Å²) in [5, 5.41) is 2.82. The maximum Gasteiger partial charge on any atom is 0.328 e. The first-order chi connectivity index (χ1) is 13.0. The lowest BCUT2D eigenvalue weighted by Gasteiger charge is -2.19. The molecular weight excluding hydrogens is 342 g/mol. The smallest absolute Gasteiger partial charge is 0.328 e. The van der Waals surface area contributed by atoms with E-state index in [1.807, 2.05) is 68.4 Å². The second-order valence-corrected chi connectivity index (χ2v) is 6.87. The number of amides is 1. The minimum Gasteiger partial charge on any atom is -0.497 e. The molecule has 5 nitrogen and oxygen atoms in total. The van der Waals surface area contributed by atoms with Crippen LogP contribution in [0, 0.1) is 5.92 Å². The molecule has 0 aliphatic heterocycles. The van der Waals surface area contributed by atoms with Crippen molar-refractivity contribution in [3.8, 4) is 5.75 Å². The van der Waals surface area contributed by atoms with E-state index in [4.69, 9.17) is 9.47 Å². The van der Waals surface area contributed by atoms with Crippen LogP contribution in [0.2, 0.25) is 0 Å². The van der Waals surface area contributed by atoms with E-state index < -0.39 is 12.0 Å². The van der Waals surface area contributed by atoms with Crippen LogP contribution in [-0.2, 0) is 27.4 Å². The zero-order chi connectivity index (χ0) is 19.6. The largest absolute Gasteiger partial charge is 0.497 e. The minimum atomic E-state index is -0.653. The van der Waals surface area contributed by atoms with E-state index in [2.05, 4.69) is 5.32 Å². The molecule has 2 rings (SSSR count). The van der Waals surface area contributed by atoms with Gasteiger partial charge in [0.15, 0.2) is 0 Å². The van der Waals surface area contributed by atoms with Crippen LogP contribution < -0.4 is 10.1 Å². The van der Waals surface area contributed by atoms with Crippen LogP contribution in [0.25, 0.3) is 0 Å². The summed E-state index contributed by atoms with van der Waals surface area (Å²) in [4.78, 5) is 24.9. The van der Waals surface area contributed by atoms with Crippen LogP contribution in [0.4, 0.5) is 0 Å². The van der Waals surface area contributed by atoms with Crippen molar-refractivity contribution >= 4 is 11.9 Å². The first kappa shape index (κ1) is 20.5. The van der Waals surface area contributed by atoms with Gasteiger partial charge in [0.2, 0.25) is 5.91 Å². The highest BCUT2D eigenvalue weighted by atomic mass is 16.5. The third-order valence-corrected chi connectivity index (χ3v) is 4.07. The van der Waals surface area contributed by atoms with Gasteiger partial charge in [-0.1, -0.05) is 56.3 Å². The van der Waals surface area contributed by atoms with E-state index in [-0.39, 0.29) is 24.9 Å². The Morgan fingerprint density at radius 3 is 2.22 bits per heavy atom. The third-order valence-electron chi connectivity index (χ3n) is 4.07. The number of nitrogens with one attached hydrogen (secondary N) is 1. The summed E-state index contributed by atoms with van der Waals surface area (Å²) in [5.74, 6) is 0.375. The molecule has 0 bridgehead atoms. The quantitative estimate of drug-likeness (QED) is 0.687. The van der Waals surface area contributed by atoms with Crippen molar-refractivity contribution < 1.29 is 19.1 Å². The number of hydrogen-bond acceptors (Lipinski definition) is 4. The van der Waals surface area contributed by atoms with Crippen molar-refractivity contribution in [3.63, 3.8) is 0 Å². The number of ether oxygens (including phenoxy) is 2. The molecule has 0 heterocycles. The van der Waals surface area contributed by atoms with Gasteiger partial charge in [0.25, 0.3) is 0 Å². The van der Waals surface area contributed by atoms with Gasteiger partial charge in [-0.25, -0.2) is 4.79 Å². The first-order valence-corrected chi connectivity index (χ1v) is 9.10. The average molecular weight is 369 g/mol. The van der Waals surface area contributed by atoms with Gasteiger partial charge < -0.3 is 14.8 Å². The molecule has 1 amide bonds. The predicted octanol–water partition coefficient (Wildman–Crippen LogP) is 3.51. The van der Waals surface area contributed by atoms with E-state index in [1.165, 1.54) is 0 Å². The van der Waals surface area contributed by atoms with Crippen molar-refractivity contribution in [2.24, 2.45) is 5.92 Å². The summed E-state index contributed by atoms with van der Waals surface area (Å²) >= 11 is 0. The van der Waals surface area contributed by atoms with Crippen molar-refractivity contribution in [1.29, 1.82) is 0 Å². The molecule has 27 heavy (non-hydrogen) atoms. The van der Waals surface area contributed by atoms with Gasteiger partial charge in [0, 0.05) is 0 Å². The Kier molecular flexibility index (Phi) is 7.86. The van der Waals surface area contributed by atoms with Crippen molar-refractivity contribution in [3.05, 3.63) is 65.7 Å². The van der Waals surface area contributed by atoms with Crippen molar-refractivity contribution in [2.75, 3.05) is 7.11 Å². The van der Waals surface area contributed by atoms with Crippen LogP contribution in [0.5, 0.6) is 5.75 Å². The number of rotatable bonds is 9. The topological polar surface area (TPSA) is 64.6 Å². The van der Waals surface area contributed by atoms with E-state index in [0.717, 1.165) is 16.9 Å². The molecule has 0 saturated carbocycles. The van der Waals surface area contributed by atoms with Crippen molar-refractivity contribution in [2.45, 2.75) is 39.3 Å². The highest BCUT2D eigenvalue weighted by Gasteiger charge is 2.23. The first-order valence-electron chi connectivity index (χ1n) is 9.10. The Hall–Kier alpha value is -2.82. The molecule has 0 aromatic heterocycles. The Bertz CT molecular complexity index is 726. The van der Waals surface area contributed by atoms with Crippen LogP contribution >= 0.6 is 0 Å². The maximum absolute atomic E-state index is 12.5. The summed E-state index contributed by atoms with van der Waals surface area (Å²) in [6.07, 6.45) is 0.729. The SMILES string of the molecule is COc1ccc(CC(=O)N[C@@H](CC(C)C)C(=O)OCc2ccccc2)cc1. The Morgan fingerprint density at radius 2 is 1.63 bits per heavy atom. The molecule has 144 valence electrons. The summed E-state index contributed by atoms with van der Waals surface area (Å²) in [5.41, 5.74) is 1.77. The van der Waals surface area contributed by atoms with E-state index in [0.29, 0.717) is 6.42 Å². The molecule has 0 aliphatic carbocycles. The Labute approximate surface area is 160 Å². The summed E-state index contributed by atoms with van der Waals surface area (Å²) in [6.45, 7) is 4.21. The van der Waals surface area contributed by atoms with Crippen LogP contribution in [0.1, 0.15) is 31.4 Å². The van der Waals surface area contributed by atoms with Gasteiger partial charge in [0.05, 0.1) is 13.5 Å². The fourth-order valence-corrected chi connectivity index (χ4v) is 2.69. The lowest BCUT2D eigenvalue weighted by molar-refractivity contribution is -0.149. The average Bonchev–Trinajstić information content (AvgIpc) is 2.66. The van der Waals surface area contributed by atoms with Gasteiger partial charge in [-0.3, -0.25) is 4.79 Å². The number of esters is 1. The molecule has 2 aromatic carbocycles. The molecule has 1 N–H and O–H groups in total. The summed E-state index contributed by atoms with van der Waals surface area (Å²) in [7, 11) is 1.60. The second kappa shape index (κ2) is 10.4. The fourth-order valence-electron chi connectivity index (χ4n) is 2.69. The van der Waals surface area contributed by atoms with Gasteiger partial charge in [-0.05, 0) is 35.6 Å². The molecule has 0 fully saturated rings. The summed E-state index contributed by atoms with van der Waals surface area (Å²) < 4.78 is 10.5. The van der Waals surface area contributed by atoms with Gasteiger partial charge in [0.1, 0.15) is 18.4 Å². The zero-order valence-corrected chi connectivity index (χ0v) is 16.1. The van der Waals surface area contributed by atoms with E-state index in [9.17, 15) is 9.59 Å². The number of hydrogen-bond donors (Lipinski definition) is 1. The molecule has 0 unspecified atom stereocenters. The lowest BCUT2D eigenvalue weighted by Crippen LogP contribution is -2.43. The molecule has 5 heteroatoms. The lowest BCUT2D eigenvalue weighted by atomic mass is 10.0. The van der Waals surface area contributed by atoms with Gasteiger partial charge in [-0.15, -0.1) is 0 Å². The molecule has 0 aliphatic rings. The monoisotopic (exact) mass is 369 g/mol. The van der Waals surface area contributed by atoms with Crippen molar-refractivity contribution in [1.82, 2.24) is 5.32 Å². The highest BCUT2D eigenvalue weighted by molar-refractivity contribution is 5.85. The Balaban J connectivity index is 1.93. The van der Waals surface area contributed by atoms with E-state index in [1.54, 1.807) is 7.11 Å². The molecular formula is C22H27NO4. The number of methoxy groups -OCH3 is 1. The number of carbonyl (C=O) groups is 2. The van der Waals surface area contributed by atoms with Gasteiger partial charge >= 0.3 is 5.97 Å².